The molecule has 1 aromatic rings. The number of alkyl halides is 8. The van der Waals surface area contributed by atoms with Gasteiger partial charge in [-0.2, -0.15) is 26.3 Å². The van der Waals surface area contributed by atoms with Crippen molar-refractivity contribution < 1.29 is 40.2 Å². The van der Waals surface area contributed by atoms with Gasteiger partial charge in [0, 0.05) is 26.2 Å². The molecule has 1 aromatic carbocycles. The molecule has 0 unspecified atom stereocenters. The number of piperazine rings is 1. The summed E-state index contributed by atoms with van der Waals surface area (Å²) in [5.41, 5.74) is -4.37. The molecule has 0 amide bonds. The van der Waals surface area contributed by atoms with Crippen LogP contribution in [0.4, 0.5) is 35.1 Å². The van der Waals surface area contributed by atoms with Crippen LogP contribution in [0.5, 0.6) is 0 Å². The molecule has 2 rings (SSSR count). The van der Waals surface area contributed by atoms with Gasteiger partial charge in [0.05, 0.1) is 11.1 Å². The van der Waals surface area contributed by atoms with Crippen molar-refractivity contribution >= 4 is 12.4 Å². The number of hydrogen-bond donors (Lipinski definition) is 2. The average Bonchev–Trinajstić information content (AvgIpc) is 2.54. The summed E-state index contributed by atoms with van der Waals surface area (Å²) in [5.74, 6) is -3.98. The van der Waals surface area contributed by atoms with E-state index in [4.69, 9.17) is 5.11 Å². The monoisotopic (exact) mass is 428 g/mol. The zero-order valence-electron chi connectivity index (χ0n) is 13.7. The minimum Gasteiger partial charge on any atom is -0.390 e. The highest BCUT2D eigenvalue weighted by molar-refractivity contribution is 5.85. The van der Waals surface area contributed by atoms with Gasteiger partial charge in [-0.25, -0.2) is 8.78 Å². The van der Waals surface area contributed by atoms with E-state index in [-0.39, 0.29) is 44.7 Å². The number of nitrogens with zero attached hydrogens (tertiary/aromatic N) is 1. The van der Waals surface area contributed by atoms with E-state index in [0.29, 0.717) is 12.1 Å². The lowest BCUT2D eigenvalue weighted by Gasteiger charge is -2.39. The zero-order valence-corrected chi connectivity index (χ0v) is 14.5. The van der Waals surface area contributed by atoms with Crippen molar-refractivity contribution in [2.24, 2.45) is 0 Å². The first kappa shape index (κ1) is 23.9. The Morgan fingerprint density at radius 3 is 1.96 bits per heavy atom. The third-order valence-corrected chi connectivity index (χ3v) is 4.11. The molecule has 3 nitrogen and oxygen atoms in total. The van der Waals surface area contributed by atoms with Crippen LogP contribution >= 0.6 is 12.4 Å². The molecule has 2 N–H and O–H groups in total. The molecule has 0 aliphatic carbocycles. The van der Waals surface area contributed by atoms with Crippen LogP contribution in [0.25, 0.3) is 0 Å². The average molecular weight is 429 g/mol. The predicted molar refractivity (Wildman–Crippen MR) is 82.9 cm³/mol. The Morgan fingerprint density at radius 2 is 1.52 bits per heavy atom. The highest BCUT2D eigenvalue weighted by atomic mass is 35.5. The second kappa shape index (κ2) is 8.46. The summed E-state index contributed by atoms with van der Waals surface area (Å²) in [6.45, 7) is -1.38. The van der Waals surface area contributed by atoms with Crippen molar-refractivity contribution in [1.29, 1.82) is 0 Å². The lowest BCUT2D eigenvalue weighted by atomic mass is 9.91. The van der Waals surface area contributed by atoms with Gasteiger partial charge in [0.2, 0.25) is 0 Å². The molecule has 1 atom stereocenters. The van der Waals surface area contributed by atoms with Crippen LogP contribution in [0.1, 0.15) is 22.7 Å². The Hall–Kier alpha value is -1.17. The molecule has 1 fully saturated rings. The number of aliphatic hydroxyl groups excluding tert-OH is 1. The number of nitrogens with one attached hydrogen (secondary N) is 1. The summed E-state index contributed by atoms with van der Waals surface area (Å²) >= 11 is 0. The van der Waals surface area contributed by atoms with E-state index in [1.807, 2.05) is 0 Å². The number of rotatable bonds is 4. The number of benzene rings is 1. The third-order valence-electron chi connectivity index (χ3n) is 4.11. The first-order valence-corrected chi connectivity index (χ1v) is 7.59. The van der Waals surface area contributed by atoms with Gasteiger partial charge in [-0.15, -0.1) is 12.4 Å². The maximum Gasteiger partial charge on any atom is 0.416 e. The lowest BCUT2D eigenvalue weighted by molar-refractivity contribution is -0.147. The molecule has 0 spiro atoms. The number of halogens is 9. The van der Waals surface area contributed by atoms with Gasteiger partial charge in [0.15, 0.2) is 0 Å². The molecular weight excluding hydrogens is 412 g/mol. The van der Waals surface area contributed by atoms with Crippen molar-refractivity contribution in [2.75, 3.05) is 32.8 Å². The van der Waals surface area contributed by atoms with Crippen LogP contribution in [0.3, 0.4) is 0 Å². The molecule has 12 heteroatoms. The summed E-state index contributed by atoms with van der Waals surface area (Å²) in [5, 5.41) is 11.8. The largest absolute Gasteiger partial charge is 0.416 e. The second-order valence-corrected chi connectivity index (χ2v) is 5.91. The lowest BCUT2D eigenvalue weighted by Crippen LogP contribution is -2.51. The van der Waals surface area contributed by atoms with E-state index in [2.05, 4.69) is 5.32 Å². The Morgan fingerprint density at radius 1 is 0.963 bits per heavy atom. The fourth-order valence-corrected chi connectivity index (χ4v) is 2.93. The molecule has 27 heavy (non-hydrogen) atoms. The quantitative estimate of drug-likeness (QED) is 0.718. The summed E-state index contributed by atoms with van der Waals surface area (Å²) in [6, 6.07) is -1.61. The van der Waals surface area contributed by atoms with Gasteiger partial charge in [-0.05, 0) is 17.7 Å². The molecule has 1 aliphatic rings. The summed E-state index contributed by atoms with van der Waals surface area (Å²) in [4.78, 5) is 1.03. The molecule has 1 saturated heterocycles. The summed E-state index contributed by atoms with van der Waals surface area (Å²) < 4.78 is 107. The van der Waals surface area contributed by atoms with Crippen LogP contribution < -0.4 is 5.32 Å². The van der Waals surface area contributed by atoms with Crippen LogP contribution in [-0.4, -0.2) is 48.7 Å². The fraction of sp³-hybridized carbons (Fsp3) is 0.600. The SMILES string of the molecule is Cl.OCC(F)(F)[C@H](c1ccc(C(F)(F)F)cc1C(F)(F)F)N1CCNCC1. The maximum atomic E-state index is 14.3. The molecule has 1 aliphatic heterocycles. The Balaban J connectivity index is 0.00000364. The van der Waals surface area contributed by atoms with E-state index >= 15 is 0 Å². The summed E-state index contributed by atoms with van der Waals surface area (Å²) in [7, 11) is 0. The van der Waals surface area contributed by atoms with Crippen LogP contribution in [0, 0.1) is 0 Å². The molecular formula is C15H17ClF8N2O. The minimum atomic E-state index is -5.27. The van der Waals surface area contributed by atoms with E-state index in [0.717, 1.165) is 4.90 Å². The van der Waals surface area contributed by atoms with Gasteiger partial charge in [0.25, 0.3) is 5.92 Å². The highest BCUT2D eigenvalue weighted by Crippen LogP contribution is 2.44. The standard InChI is InChI=1S/C15H16F8N2O.ClH/c16-13(17,8-26)12(25-5-3-24-4-6-25)10-2-1-9(14(18,19)20)7-11(10)15(21,22)23;/h1-2,7,12,24,26H,3-6,8H2;1H/t12-;/m0./s1. The van der Waals surface area contributed by atoms with E-state index in [1.54, 1.807) is 0 Å². The molecule has 1 heterocycles. The van der Waals surface area contributed by atoms with E-state index in [1.165, 1.54) is 0 Å². The molecule has 0 radical (unpaired) electrons. The molecule has 156 valence electrons. The van der Waals surface area contributed by atoms with Crippen molar-refractivity contribution in [2.45, 2.75) is 24.3 Å². The fourth-order valence-electron chi connectivity index (χ4n) is 2.93. The topological polar surface area (TPSA) is 35.5 Å². The highest BCUT2D eigenvalue weighted by Gasteiger charge is 2.48. The summed E-state index contributed by atoms with van der Waals surface area (Å²) in [6.07, 6.45) is -10.3. The van der Waals surface area contributed by atoms with Crippen molar-refractivity contribution in [3.05, 3.63) is 34.9 Å². The van der Waals surface area contributed by atoms with Crippen LogP contribution in [0.2, 0.25) is 0 Å². The normalized spacial score (nSPS) is 18.1. The van der Waals surface area contributed by atoms with Gasteiger partial charge in [-0.3, -0.25) is 4.90 Å². The minimum absolute atomic E-state index is 0. The van der Waals surface area contributed by atoms with Gasteiger partial charge >= 0.3 is 12.4 Å². The van der Waals surface area contributed by atoms with Crippen LogP contribution in [0.15, 0.2) is 18.2 Å². The predicted octanol–water partition coefficient (Wildman–Crippen LogP) is 3.72. The van der Waals surface area contributed by atoms with Crippen LogP contribution in [-0.2, 0) is 12.4 Å². The second-order valence-electron chi connectivity index (χ2n) is 5.91. The Kier molecular flexibility index (Phi) is 7.48. The first-order valence-electron chi connectivity index (χ1n) is 7.59. The van der Waals surface area contributed by atoms with E-state index in [9.17, 15) is 35.1 Å². The van der Waals surface area contributed by atoms with E-state index < -0.39 is 47.6 Å². The van der Waals surface area contributed by atoms with Crippen molar-refractivity contribution in [1.82, 2.24) is 10.2 Å². The van der Waals surface area contributed by atoms with Gasteiger partial charge in [0.1, 0.15) is 12.6 Å². The zero-order chi connectivity index (χ0) is 19.8. The Bertz CT molecular complexity index is 629. The smallest absolute Gasteiger partial charge is 0.390 e. The number of hydrogen-bond acceptors (Lipinski definition) is 3. The van der Waals surface area contributed by atoms with Crippen molar-refractivity contribution in [3.8, 4) is 0 Å². The first-order chi connectivity index (χ1) is 11.9. The Labute approximate surface area is 155 Å². The van der Waals surface area contributed by atoms with Gasteiger partial charge in [-0.1, -0.05) is 6.07 Å². The molecule has 0 bridgehead atoms. The third kappa shape index (κ3) is 5.43. The molecule has 0 aromatic heterocycles. The molecule has 0 saturated carbocycles. The van der Waals surface area contributed by atoms with Crippen molar-refractivity contribution in [3.63, 3.8) is 0 Å². The maximum absolute atomic E-state index is 14.3. The van der Waals surface area contributed by atoms with Gasteiger partial charge < -0.3 is 10.4 Å². The number of aliphatic hydroxyl groups is 1.